The molecule has 1 aliphatic rings. The molecule has 1 atom stereocenters. The van der Waals surface area contributed by atoms with Crippen LogP contribution in [0.3, 0.4) is 0 Å². The first kappa shape index (κ1) is 17.7. The molecule has 0 bridgehead atoms. The Morgan fingerprint density at radius 1 is 1.29 bits per heavy atom. The number of hydrogen-bond donors (Lipinski definition) is 4. The number of allylic oxidation sites excluding steroid dienone is 2. The molecule has 24 heavy (non-hydrogen) atoms. The van der Waals surface area contributed by atoms with Crippen LogP contribution < -0.4 is 16.5 Å². The quantitative estimate of drug-likeness (QED) is 0.377. The summed E-state index contributed by atoms with van der Waals surface area (Å²) in [5.74, 6) is 4.75. The first-order valence-electron chi connectivity index (χ1n) is 7.64. The van der Waals surface area contributed by atoms with E-state index in [1.54, 1.807) is 38.1 Å². The summed E-state index contributed by atoms with van der Waals surface area (Å²) < 4.78 is 0. The van der Waals surface area contributed by atoms with Crippen LogP contribution in [-0.2, 0) is 4.79 Å². The van der Waals surface area contributed by atoms with Gasteiger partial charge in [0.15, 0.2) is 0 Å². The van der Waals surface area contributed by atoms with Gasteiger partial charge in [-0.2, -0.15) is 0 Å². The van der Waals surface area contributed by atoms with Gasteiger partial charge >= 0.3 is 0 Å². The van der Waals surface area contributed by atoms with Gasteiger partial charge in [-0.25, -0.2) is 5.48 Å². The summed E-state index contributed by atoms with van der Waals surface area (Å²) in [6, 6.07) is 5.66. The molecule has 2 rings (SSSR count). The monoisotopic (exact) mass is 327 g/mol. The van der Waals surface area contributed by atoms with Crippen LogP contribution in [0.1, 0.15) is 42.6 Å². The fourth-order valence-electron chi connectivity index (χ4n) is 2.01. The van der Waals surface area contributed by atoms with Gasteiger partial charge in [-0.05, 0) is 57.0 Å². The number of carbonyl (C=O) groups excluding carboxylic acids is 2. The van der Waals surface area contributed by atoms with Gasteiger partial charge in [0, 0.05) is 16.7 Å². The Balaban J connectivity index is 2.06. The van der Waals surface area contributed by atoms with Gasteiger partial charge in [-0.15, -0.1) is 0 Å². The summed E-state index contributed by atoms with van der Waals surface area (Å²) in [6.45, 7) is 3.17. The Morgan fingerprint density at radius 2 is 1.92 bits per heavy atom. The van der Waals surface area contributed by atoms with E-state index in [1.807, 2.05) is 6.08 Å². The van der Waals surface area contributed by atoms with E-state index in [0.717, 1.165) is 18.4 Å². The van der Waals surface area contributed by atoms with E-state index in [0.29, 0.717) is 5.56 Å². The average Bonchev–Trinajstić information content (AvgIpc) is 3.35. The molecule has 0 saturated heterocycles. The number of nitrogens with two attached hydrogens (primary N) is 1. The average molecular weight is 327 g/mol. The Hall–Kier alpha value is -2.62. The van der Waals surface area contributed by atoms with Gasteiger partial charge in [0.25, 0.3) is 11.8 Å². The Bertz CT molecular complexity index is 713. The number of carbonyl (C=O) groups is 2. The Labute approximate surface area is 141 Å². The highest BCUT2D eigenvalue weighted by Crippen LogP contribution is 2.26. The van der Waals surface area contributed by atoms with Gasteiger partial charge in [0.05, 0.1) is 0 Å². The molecule has 6 heteroatoms. The summed E-state index contributed by atoms with van der Waals surface area (Å²) in [5.41, 5.74) is 8.89. The lowest BCUT2D eigenvalue weighted by atomic mass is 9.95. The van der Waals surface area contributed by atoms with Gasteiger partial charge in [-0.1, -0.05) is 17.4 Å². The zero-order valence-electron chi connectivity index (χ0n) is 13.7. The van der Waals surface area contributed by atoms with E-state index >= 15 is 0 Å². The van der Waals surface area contributed by atoms with E-state index in [4.69, 9.17) is 10.9 Å². The highest BCUT2D eigenvalue weighted by molar-refractivity contribution is 5.97. The van der Waals surface area contributed by atoms with Gasteiger partial charge in [0.1, 0.15) is 6.04 Å². The first-order chi connectivity index (χ1) is 11.3. The molecule has 1 aromatic rings. The molecule has 0 unspecified atom stereocenters. The van der Waals surface area contributed by atoms with Crippen molar-refractivity contribution in [2.45, 2.75) is 38.3 Å². The number of rotatable bonds is 4. The van der Waals surface area contributed by atoms with Crippen molar-refractivity contribution in [3.63, 3.8) is 0 Å². The van der Waals surface area contributed by atoms with Crippen molar-refractivity contribution in [1.29, 1.82) is 0 Å². The van der Waals surface area contributed by atoms with E-state index in [2.05, 4.69) is 17.2 Å². The second kappa shape index (κ2) is 7.30. The number of hydroxylamine groups is 1. The second-order valence-electron chi connectivity index (χ2n) is 6.35. The molecular weight excluding hydrogens is 306 g/mol. The Morgan fingerprint density at radius 3 is 2.42 bits per heavy atom. The van der Waals surface area contributed by atoms with Gasteiger partial charge in [-0.3, -0.25) is 14.8 Å². The minimum atomic E-state index is -1.07. The van der Waals surface area contributed by atoms with Gasteiger partial charge < -0.3 is 11.1 Å². The van der Waals surface area contributed by atoms with Crippen molar-refractivity contribution in [2.24, 2.45) is 5.73 Å². The first-order valence-corrected chi connectivity index (χ1v) is 7.64. The maximum Gasteiger partial charge on any atom is 0.267 e. The molecule has 0 radical (unpaired) electrons. The molecule has 2 amide bonds. The molecule has 1 fully saturated rings. The highest BCUT2D eigenvalue weighted by Gasteiger charge is 2.33. The summed E-state index contributed by atoms with van der Waals surface area (Å²) in [4.78, 5) is 23.9. The normalized spacial score (nSPS) is 14.1. The van der Waals surface area contributed by atoms with Crippen LogP contribution in [0.4, 0.5) is 0 Å². The van der Waals surface area contributed by atoms with E-state index in [-0.39, 0.29) is 0 Å². The molecular formula is C18H21N3O3. The fourth-order valence-corrected chi connectivity index (χ4v) is 2.01. The standard InChI is InChI=1S/C18H21N3O3/c1-18(2,19)15(17(23)21-24)20-16(22)14-10-8-13(9-11-14)5-3-4-12-6-7-12/h4,8-11,15,24H,6-7,19H2,1-2H3,(H,20,22)(H,21,23)/t15-/m1/s1. The van der Waals surface area contributed by atoms with Crippen LogP contribution in [0.5, 0.6) is 0 Å². The minimum absolute atomic E-state index is 0.376. The van der Waals surface area contributed by atoms with Crippen LogP contribution in [0.25, 0.3) is 0 Å². The predicted molar refractivity (Wildman–Crippen MR) is 90.1 cm³/mol. The molecule has 0 heterocycles. The van der Waals surface area contributed by atoms with E-state index < -0.39 is 23.4 Å². The molecule has 1 aliphatic carbocycles. The van der Waals surface area contributed by atoms with Crippen LogP contribution in [0, 0.1) is 11.8 Å². The lowest BCUT2D eigenvalue weighted by Crippen LogP contribution is -2.61. The summed E-state index contributed by atoms with van der Waals surface area (Å²) in [5, 5.41) is 11.3. The molecule has 1 saturated carbocycles. The Kier molecular flexibility index (Phi) is 5.39. The van der Waals surface area contributed by atoms with Crippen LogP contribution in [0.2, 0.25) is 0 Å². The summed E-state index contributed by atoms with van der Waals surface area (Å²) in [7, 11) is 0. The maximum absolute atomic E-state index is 12.3. The molecule has 0 spiro atoms. The van der Waals surface area contributed by atoms with Crippen LogP contribution in [0.15, 0.2) is 35.9 Å². The van der Waals surface area contributed by atoms with Crippen molar-refractivity contribution in [3.05, 3.63) is 47.0 Å². The lowest BCUT2D eigenvalue weighted by molar-refractivity contribution is -0.132. The van der Waals surface area contributed by atoms with E-state index in [9.17, 15) is 9.59 Å². The zero-order valence-corrected chi connectivity index (χ0v) is 13.7. The predicted octanol–water partition coefficient (Wildman–Crippen LogP) is 1.10. The summed E-state index contributed by atoms with van der Waals surface area (Å²) >= 11 is 0. The molecule has 5 N–H and O–H groups in total. The van der Waals surface area contributed by atoms with Crippen molar-refractivity contribution in [2.75, 3.05) is 0 Å². The van der Waals surface area contributed by atoms with Crippen molar-refractivity contribution >= 4 is 11.8 Å². The van der Waals surface area contributed by atoms with Gasteiger partial charge in [0.2, 0.25) is 0 Å². The molecule has 6 nitrogen and oxygen atoms in total. The zero-order chi connectivity index (χ0) is 17.7. The highest BCUT2D eigenvalue weighted by atomic mass is 16.5. The van der Waals surface area contributed by atoms with Crippen LogP contribution >= 0.6 is 0 Å². The van der Waals surface area contributed by atoms with Crippen LogP contribution in [-0.4, -0.2) is 28.6 Å². The maximum atomic E-state index is 12.3. The van der Waals surface area contributed by atoms with E-state index in [1.165, 1.54) is 11.1 Å². The second-order valence-corrected chi connectivity index (χ2v) is 6.35. The number of nitrogens with one attached hydrogen (secondary N) is 2. The largest absolute Gasteiger partial charge is 0.338 e. The topological polar surface area (TPSA) is 104 Å². The number of amides is 2. The number of benzene rings is 1. The SMILES string of the molecule is CC(C)(N)[C@H](NC(=O)c1ccc(C#CC=C2CC2)cc1)C(=O)NO. The number of hydrogen-bond acceptors (Lipinski definition) is 4. The molecule has 0 aromatic heterocycles. The molecule has 126 valence electrons. The third kappa shape index (κ3) is 4.95. The molecule has 0 aliphatic heterocycles. The van der Waals surface area contributed by atoms with Crippen molar-refractivity contribution in [1.82, 2.24) is 10.8 Å². The minimum Gasteiger partial charge on any atom is -0.338 e. The van der Waals surface area contributed by atoms with Crippen molar-refractivity contribution < 1.29 is 14.8 Å². The third-order valence-electron chi connectivity index (χ3n) is 3.57. The smallest absolute Gasteiger partial charge is 0.267 e. The third-order valence-corrected chi connectivity index (χ3v) is 3.57. The lowest BCUT2D eigenvalue weighted by Gasteiger charge is -2.29. The van der Waals surface area contributed by atoms with Crippen molar-refractivity contribution in [3.8, 4) is 11.8 Å². The molecule has 1 aromatic carbocycles. The summed E-state index contributed by atoms with van der Waals surface area (Å²) in [6.07, 6.45) is 4.18. The fraction of sp³-hybridized carbons (Fsp3) is 0.333.